The molecule has 1 unspecified atom stereocenters. The number of amides is 1. The Labute approximate surface area is 208 Å². The number of esters is 1. The van der Waals surface area contributed by atoms with Crippen molar-refractivity contribution in [3.05, 3.63) is 71.6 Å². The summed E-state index contributed by atoms with van der Waals surface area (Å²) in [7, 11) is 0. The number of rotatable bonds is 5. The second-order valence-electron chi connectivity index (χ2n) is 8.65. The molecule has 2 N–H and O–H groups in total. The van der Waals surface area contributed by atoms with Crippen LogP contribution in [0.2, 0.25) is 0 Å². The van der Waals surface area contributed by atoms with Crippen LogP contribution in [0.5, 0.6) is 0 Å². The van der Waals surface area contributed by atoms with Crippen LogP contribution in [0.1, 0.15) is 29.4 Å². The Morgan fingerprint density at radius 2 is 1.77 bits per heavy atom. The van der Waals surface area contributed by atoms with E-state index in [-0.39, 0.29) is 17.8 Å². The van der Waals surface area contributed by atoms with Crippen LogP contribution in [0.4, 0.5) is 5.69 Å². The van der Waals surface area contributed by atoms with Crippen molar-refractivity contribution in [1.82, 2.24) is 9.88 Å². The van der Waals surface area contributed by atoms with Crippen molar-refractivity contribution >= 4 is 39.1 Å². The molecule has 0 radical (unpaired) electrons. The van der Waals surface area contributed by atoms with Gasteiger partial charge in [-0.25, -0.2) is 4.98 Å². The molecule has 1 aliphatic rings. The SMILES string of the molecule is CCOC(=O)C1CCCN(C(=O)c2sc3nc(-c4ccccc4)cc(-c4ccccc4)c3c2N)C1. The number of hydrogen-bond acceptors (Lipinski definition) is 6. The highest BCUT2D eigenvalue weighted by molar-refractivity contribution is 7.21. The number of likely N-dealkylation sites (tertiary alicyclic amines) is 1. The lowest BCUT2D eigenvalue weighted by atomic mass is 9.97. The largest absolute Gasteiger partial charge is 0.466 e. The minimum atomic E-state index is -0.300. The van der Waals surface area contributed by atoms with E-state index in [1.165, 1.54) is 11.3 Å². The molecule has 0 spiro atoms. The molecule has 35 heavy (non-hydrogen) atoms. The predicted molar refractivity (Wildman–Crippen MR) is 140 cm³/mol. The third-order valence-electron chi connectivity index (χ3n) is 6.38. The molecule has 6 nitrogen and oxygen atoms in total. The summed E-state index contributed by atoms with van der Waals surface area (Å²) < 4.78 is 5.20. The number of aromatic nitrogens is 1. The highest BCUT2D eigenvalue weighted by Crippen LogP contribution is 2.42. The zero-order chi connectivity index (χ0) is 24.4. The molecule has 1 fully saturated rings. The van der Waals surface area contributed by atoms with Crippen LogP contribution in [-0.4, -0.2) is 41.5 Å². The molecule has 1 atom stereocenters. The molecule has 0 bridgehead atoms. The molecule has 0 saturated carbocycles. The molecule has 7 heteroatoms. The zero-order valence-corrected chi connectivity index (χ0v) is 20.4. The van der Waals surface area contributed by atoms with Crippen LogP contribution in [0.25, 0.3) is 32.6 Å². The van der Waals surface area contributed by atoms with Crippen molar-refractivity contribution in [2.75, 3.05) is 25.4 Å². The average molecular weight is 486 g/mol. The molecule has 178 valence electrons. The monoisotopic (exact) mass is 485 g/mol. The van der Waals surface area contributed by atoms with E-state index in [4.69, 9.17) is 15.5 Å². The molecule has 2 aromatic carbocycles. The number of hydrogen-bond donors (Lipinski definition) is 1. The smallest absolute Gasteiger partial charge is 0.310 e. The first-order valence-corrected chi connectivity index (χ1v) is 12.7. The first-order valence-electron chi connectivity index (χ1n) is 11.9. The quantitative estimate of drug-likeness (QED) is 0.371. The molecule has 5 rings (SSSR count). The maximum Gasteiger partial charge on any atom is 0.310 e. The van der Waals surface area contributed by atoms with Crippen molar-refractivity contribution in [3.63, 3.8) is 0 Å². The van der Waals surface area contributed by atoms with Gasteiger partial charge in [0.15, 0.2) is 0 Å². The molecule has 1 aliphatic heterocycles. The van der Waals surface area contributed by atoms with Crippen molar-refractivity contribution in [1.29, 1.82) is 0 Å². The molecule has 3 heterocycles. The molecule has 2 aromatic heterocycles. The number of pyridine rings is 1. The van der Waals surface area contributed by atoms with E-state index in [0.717, 1.165) is 45.4 Å². The fourth-order valence-corrected chi connectivity index (χ4v) is 5.73. The molecular formula is C28H27N3O3S. The average Bonchev–Trinajstić information content (AvgIpc) is 3.25. The molecule has 1 saturated heterocycles. The van der Waals surface area contributed by atoms with Gasteiger partial charge in [-0.15, -0.1) is 11.3 Å². The van der Waals surface area contributed by atoms with Gasteiger partial charge >= 0.3 is 5.97 Å². The third-order valence-corrected chi connectivity index (χ3v) is 7.46. The number of nitrogens with two attached hydrogens (primary N) is 1. The number of anilines is 1. The Morgan fingerprint density at radius 1 is 1.09 bits per heavy atom. The van der Waals surface area contributed by atoms with Gasteiger partial charge in [0.25, 0.3) is 5.91 Å². The molecule has 0 aliphatic carbocycles. The van der Waals surface area contributed by atoms with Gasteiger partial charge in [-0.1, -0.05) is 60.7 Å². The van der Waals surface area contributed by atoms with Gasteiger partial charge in [0, 0.05) is 24.0 Å². The zero-order valence-electron chi connectivity index (χ0n) is 19.6. The minimum absolute atomic E-state index is 0.153. The van der Waals surface area contributed by atoms with Gasteiger partial charge in [0.05, 0.1) is 23.9 Å². The summed E-state index contributed by atoms with van der Waals surface area (Å²) in [6.07, 6.45) is 1.48. The first-order chi connectivity index (χ1) is 17.1. The lowest BCUT2D eigenvalue weighted by molar-refractivity contribution is -0.149. The Kier molecular flexibility index (Phi) is 6.51. The van der Waals surface area contributed by atoms with E-state index in [1.807, 2.05) is 66.7 Å². The lowest BCUT2D eigenvalue weighted by Gasteiger charge is -2.31. The lowest BCUT2D eigenvalue weighted by Crippen LogP contribution is -2.42. The highest BCUT2D eigenvalue weighted by Gasteiger charge is 2.32. The standard InChI is InChI=1S/C28H27N3O3S/c1-2-34-28(33)20-14-9-15-31(17-20)27(32)25-24(29)23-21(18-10-5-3-6-11-18)16-22(30-26(23)35-25)19-12-7-4-8-13-19/h3-8,10-13,16,20H,2,9,14-15,17,29H2,1H3. The number of benzene rings is 2. The predicted octanol–water partition coefficient (Wildman–Crippen LogP) is 5.63. The van der Waals surface area contributed by atoms with Crippen LogP contribution in [-0.2, 0) is 9.53 Å². The summed E-state index contributed by atoms with van der Waals surface area (Å²) in [5, 5.41) is 0.795. The first kappa shape index (κ1) is 23.1. The Balaban J connectivity index is 1.58. The third kappa shape index (κ3) is 4.51. The number of nitrogens with zero attached hydrogens (tertiary/aromatic N) is 2. The normalized spacial score (nSPS) is 15.8. The van der Waals surface area contributed by atoms with E-state index in [0.29, 0.717) is 30.3 Å². The van der Waals surface area contributed by atoms with Gasteiger partial charge < -0.3 is 15.4 Å². The number of piperidine rings is 1. The van der Waals surface area contributed by atoms with Crippen molar-refractivity contribution in [2.45, 2.75) is 19.8 Å². The summed E-state index contributed by atoms with van der Waals surface area (Å²) in [4.78, 5) is 33.7. The minimum Gasteiger partial charge on any atom is -0.466 e. The number of fused-ring (bicyclic) bond motifs is 1. The van der Waals surface area contributed by atoms with Crippen molar-refractivity contribution in [3.8, 4) is 22.4 Å². The van der Waals surface area contributed by atoms with Crippen LogP contribution in [0.3, 0.4) is 0 Å². The van der Waals surface area contributed by atoms with Gasteiger partial charge in [-0.05, 0) is 37.0 Å². The molecule has 4 aromatic rings. The second kappa shape index (κ2) is 9.88. The summed E-state index contributed by atoms with van der Waals surface area (Å²) in [5.74, 6) is -0.694. The van der Waals surface area contributed by atoms with E-state index in [2.05, 4.69) is 0 Å². The maximum absolute atomic E-state index is 13.6. The van der Waals surface area contributed by atoms with E-state index in [9.17, 15) is 9.59 Å². The Bertz CT molecular complexity index is 1370. The Morgan fingerprint density at radius 3 is 2.46 bits per heavy atom. The van der Waals surface area contributed by atoms with Gasteiger partial charge in [-0.2, -0.15) is 0 Å². The van der Waals surface area contributed by atoms with Crippen molar-refractivity contribution in [2.24, 2.45) is 5.92 Å². The van der Waals surface area contributed by atoms with Gasteiger partial charge in [0.2, 0.25) is 0 Å². The van der Waals surface area contributed by atoms with Crippen molar-refractivity contribution < 1.29 is 14.3 Å². The molecule has 1 amide bonds. The Hall–Kier alpha value is -3.71. The van der Waals surface area contributed by atoms with E-state index >= 15 is 0 Å². The topological polar surface area (TPSA) is 85.5 Å². The van der Waals surface area contributed by atoms with Crippen LogP contribution in [0, 0.1) is 5.92 Å². The summed E-state index contributed by atoms with van der Waals surface area (Å²) in [6.45, 7) is 3.07. The second-order valence-corrected chi connectivity index (χ2v) is 9.65. The van der Waals surface area contributed by atoms with Crippen LogP contribution >= 0.6 is 11.3 Å². The summed E-state index contributed by atoms with van der Waals surface area (Å²) in [6, 6.07) is 22.1. The van der Waals surface area contributed by atoms with E-state index < -0.39 is 0 Å². The number of carbonyl (C=O) groups excluding carboxylic acids is 2. The number of thiophene rings is 1. The number of carbonyl (C=O) groups is 2. The fourth-order valence-electron chi connectivity index (χ4n) is 4.64. The summed E-state index contributed by atoms with van der Waals surface area (Å²) in [5.41, 5.74) is 10.9. The van der Waals surface area contributed by atoms with Gasteiger partial charge in [0.1, 0.15) is 9.71 Å². The van der Waals surface area contributed by atoms with Gasteiger partial charge in [-0.3, -0.25) is 9.59 Å². The maximum atomic E-state index is 13.6. The van der Waals surface area contributed by atoms with Crippen LogP contribution in [0.15, 0.2) is 66.7 Å². The molecular weight excluding hydrogens is 458 g/mol. The number of ether oxygens (including phenoxy) is 1. The highest BCUT2D eigenvalue weighted by atomic mass is 32.1. The fraction of sp³-hybridized carbons (Fsp3) is 0.250. The van der Waals surface area contributed by atoms with Crippen LogP contribution < -0.4 is 5.73 Å². The van der Waals surface area contributed by atoms with E-state index in [1.54, 1.807) is 11.8 Å². The summed E-state index contributed by atoms with van der Waals surface area (Å²) >= 11 is 1.32. The number of nitrogen functional groups attached to an aromatic ring is 1.